The number of hydrogen-bond donors (Lipinski definition) is 1. The topological polar surface area (TPSA) is 49.8 Å². The summed E-state index contributed by atoms with van der Waals surface area (Å²) in [5.41, 5.74) is -0.363. The minimum absolute atomic E-state index is 0.0577. The van der Waals surface area contributed by atoms with Gasteiger partial charge in [0, 0.05) is 26.1 Å². The van der Waals surface area contributed by atoms with Gasteiger partial charge in [0.2, 0.25) is 5.91 Å². The Bertz CT molecular complexity index is 208. The summed E-state index contributed by atoms with van der Waals surface area (Å²) in [5.74, 6) is 0.0577. The highest BCUT2D eigenvalue weighted by molar-refractivity contribution is 5.78. The lowest BCUT2D eigenvalue weighted by molar-refractivity contribution is -0.163. The number of morpholine rings is 1. The molecule has 1 aliphatic heterocycles. The first-order valence-electron chi connectivity index (χ1n) is 5.14. The summed E-state index contributed by atoms with van der Waals surface area (Å²) in [6.07, 6.45) is 1.54. The molecular weight excluding hydrogens is 182 g/mol. The van der Waals surface area contributed by atoms with Crippen molar-refractivity contribution in [3.05, 3.63) is 0 Å². The van der Waals surface area contributed by atoms with E-state index in [-0.39, 0.29) is 24.7 Å². The number of carbonyl (C=O) groups is 1. The molecule has 1 fully saturated rings. The first kappa shape index (κ1) is 11.5. The average Bonchev–Trinajstić information content (AvgIpc) is 2.13. The molecule has 4 nitrogen and oxygen atoms in total. The second-order valence-corrected chi connectivity index (χ2v) is 4.03. The zero-order valence-electron chi connectivity index (χ0n) is 8.95. The number of hydrogen-bond acceptors (Lipinski definition) is 3. The largest absolute Gasteiger partial charge is 0.396 e. The third-order valence-electron chi connectivity index (χ3n) is 2.56. The third kappa shape index (κ3) is 2.69. The lowest BCUT2D eigenvalue weighted by atomic mass is 10.00. The van der Waals surface area contributed by atoms with E-state index in [1.54, 1.807) is 0 Å². The Hall–Kier alpha value is -0.610. The molecule has 0 aromatic carbocycles. The van der Waals surface area contributed by atoms with Gasteiger partial charge < -0.3 is 14.7 Å². The van der Waals surface area contributed by atoms with Crippen molar-refractivity contribution in [1.29, 1.82) is 0 Å². The van der Waals surface area contributed by atoms with Crippen LogP contribution >= 0.6 is 0 Å². The summed E-state index contributed by atoms with van der Waals surface area (Å²) in [7, 11) is 0. The first-order chi connectivity index (χ1) is 6.61. The molecule has 1 N–H and O–H groups in total. The van der Waals surface area contributed by atoms with Gasteiger partial charge in [-0.05, 0) is 13.3 Å². The normalized spacial score (nSPS) is 28.2. The fraction of sp³-hybridized carbons (Fsp3) is 0.900. The molecule has 14 heavy (non-hydrogen) atoms. The van der Waals surface area contributed by atoms with E-state index in [1.807, 2.05) is 18.7 Å². The van der Waals surface area contributed by atoms with Crippen LogP contribution in [0.15, 0.2) is 0 Å². The maximum Gasteiger partial charge on any atom is 0.248 e. The summed E-state index contributed by atoms with van der Waals surface area (Å²) in [6, 6.07) is 0. The van der Waals surface area contributed by atoms with Crippen molar-refractivity contribution in [1.82, 2.24) is 4.90 Å². The van der Waals surface area contributed by atoms with Crippen molar-refractivity contribution in [2.75, 3.05) is 26.3 Å². The highest BCUT2D eigenvalue weighted by atomic mass is 16.5. The van der Waals surface area contributed by atoms with E-state index in [2.05, 4.69) is 0 Å². The third-order valence-corrected chi connectivity index (χ3v) is 2.56. The molecule has 0 saturated carbocycles. The second-order valence-electron chi connectivity index (χ2n) is 4.03. The van der Waals surface area contributed by atoms with Crippen LogP contribution in [0.2, 0.25) is 0 Å². The summed E-state index contributed by atoms with van der Waals surface area (Å²) in [4.78, 5) is 13.2. The zero-order chi connectivity index (χ0) is 10.6. The van der Waals surface area contributed by atoms with Gasteiger partial charge in [0.05, 0.1) is 5.60 Å². The molecule has 1 atom stereocenters. The lowest BCUT2D eigenvalue weighted by Gasteiger charge is -2.39. The maximum atomic E-state index is 11.4. The van der Waals surface area contributed by atoms with Gasteiger partial charge >= 0.3 is 0 Å². The van der Waals surface area contributed by atoms with Gasteiger partial charge in [-0.25, -0.2) is 0 Å². The average molecular weight is 201 g/mol. The smallest absolute Gasteiger partial charge is 0.248 e. The summed E-state index contributed by atoms with van der Waals surface area (Å²) in [5, 5.41) is 8.88. The van der Waals surface area contributed by atoms with E-state index >= 15 is 0 Å². The minimum Gasteiger partial charge on any atom is -0.396 e. The highest BCUT2D eigenvalue weighted by Crippen LogP contribution is 2.21. The molecule has 0 radical (unpaired) electrons. The fourth-order valence-corrected chi connectivity index (χ4v) is 1.73. The van der Waals surface area contributed by atoms with Crippen LogP contribution in [0.25, 0.3) is 0 Å². The monoisotopic (exact) mass is 201 g/mol. The molecule has 1 saturated heterocycles. The molecule has 0 spiro atoms. The van der Waals surface area contributed by atoms with Crippen LogP contribution in [0.4, 0.5) is 0 Å². The van der Waals surface area contributed by atoms with Crippen molar-refractivity contribution < 1.29 is 14.6 Å². The molecular formula is C10H19NO3. The van der Waals surface area contributed by atoms with Crippen molar-refractivity contribution in [3.63, 3.8) is 0 Å². The zero-order valence-corrected chi connectivity index (χ0v) is 8.95. The van der Waals surface area contributed by atoms with Crippen LogP contribution in [0.5, 0.6) is 0 Å². The number of amides is 1. The molecule has 1 rings (SSSR count). The Morgan fingerprint density at radius 2 is 2.36 bits per heavy atom. The van der Waals surface area contributed by atoms with E-state index in [0.717, 1.165) is 13.0 Å². The van der Waals surface area contributed by atoms with Gasteiger partial charge in [-0.1, -0.05) is 6.92 Å². The Kier molecular flexibility index (Phi) is 3.89. The van der Waals surface area contributed by atoms with Gasteiger partial charge in [-0.2, -0.15) is 0 Å². The van der Waals surface area contributed by atoms with Crippen molar-refractivity contribution in [2.45, 2.75) is 32.3 Å². The molecule has 82 valence electrons. The summed E-state index contributed by atoms with van der Waals surface area (Å²) >= 11 is 0. The highest BCUT2D eigenvalue weighted by Gasteiger charge is 2.34. The minimum atomic E-state index is -0.363. The van der Waals surface area contributed by atoms with Gasteiger partial charge in [-0.15, -0.1) is 0 Å². The van der Waals surface area contributed by atoms with Gasteiger partial charge in [0.15, 0.2) is 0 Å². The van der Waals surface area contributed by atoms with Crippen LogP contribution in [-0.4, -0.2) is 47.8 Å². The number of rotatable bonds is 4. The van der Waals surface area contributed by atoms with Crippen LogP contribution in [-0.2, 0) is 9.53 Å². The summed E-state index contributed by atoms with van der Waals surface area (Å²) in [6.45, 7) is 5.62. The first-order valence-corrected chi connectivity index (χ1v) is 5.14. The van der Waals surface area contributed by atoms with E-state index in [4.69, 9.17) is 9.84 Å². The Morgan fingerprint density at radius 3 is 2.93 bits per heavy atom. The lowest BCUT2D eigenvalue weighted by Crippen LogP contribution is -2.53. The second kappa shape index (κ2) is 4.75. The van der Waals surface area contributed by atoms with Gasteiger partial charge in [-0.3, -0.25) is 4.79 Å². The molecule has 1 aliphatic rings. The van der Waals surface area contributed by atoms with Crippen LogP contribution in [0.1, 0.15) is 26.7 Å². The Labute approximate surface area is 84.8 Å². The van der Waals surface area contributed by atoms with Crippen molar-refractivity contribution >= 4 is 5.91 Å². The van der Waals surface area contributed by atoms with Gasteiger partial charge in [0.1, 0.15) is 6.61 Å². The van der Waals surface area contributed by atoms with E-state index < -0.39 is 0 Å². The summed E-state index contributed by atoms with van der Waals surface area (Å²) < 4.78 is 5.44. The van der Waals surface area contributed by atoms with E-state index in [9.17, 15) is 4.79 Å². The van der Waals surface area contributed by atoms with E-state index in [0.29, 0.717) is 13.0 Å². The van der Waals surface area contributed by atoms with E-state index in [1.165, 1.54) is 0 Å². The molecule has 0 bridgehead atoms. The van der Waals surface area contributed by atoms with Crippen LogP contribution in [0.3, 0.4) is 0 Å². The molecule has 0 aromatic heterocycles. The predicted molar refractivity (Wildman–Crippen MR) is 52.9 cm³/mol. The maximum absolute atomic E-state index is 11.4. The number of aliphatic hydroxyl groups is 1. The number of ether oxygens (including phenoxy) is 1. The van der Waals surface area contributed by atoms with Gasteiger partial charge in [0.25, 0.3) is 0 Å². The van der Waals surface area contributed by atoms with Crippen LogP contribution in [0, 0.1) is 0 Å². The predicted octanol–water partition coefficient (Wildman–Crippen LogP) is 0.396. The molecule has 1 heterocycles. The molecule has 1 unspecified atom stereocenters. The molecule has 4 heteroatoms. The number of aliphatic hydroxyl groups excluding tert-OH is 1. The van der Waals surface area contributed by atoms with Crippen molar-refractivity contribution in [3.8, 4) is 0 Å². The SMILES string of the molecule is CCCN1CC(C)(CCO)OCC1=O. The standard InChI is InChI=1S/C10H19NO3/c1-3-5-11-8-10(2,4-6-12)14-7-9(11)13/h12H,3-8H2,1-2H3. The fourth-order valence-electron chi connectivity index (χ4n) is 1.73. The number of carbonyl (C=O) groups excluding carboxylic acids is 1. The quantitative estimate of drug-likeness (QED) is 0.716. The molecule has 1 amide bonds. The molecule has 0 aliphatic carbocycles. The van der Waals surface area contributed by atoms with Crippen molar-refractivity contribution in [2.24, 2.45) is 0 Å². The Morgan fingerprint density at radius 1 is 1.64 bits per heavy atom. The Balaban J connectivity index is 2.55. The van der Waals surface area contributed by atoms with Crippen LogP contribution < -0.4 is 0 Å². The number of nitrogens with zero attached hydrogens (tertiary/aromatic N) is 1. The molecule has 0 aromatic rings.